The smallest absolute Gasteiger partial charge is 0.293 e. The molecule has 1 saturated heterocycles. The third kappa shape index (κ3) is 4.10. The molecule has 0 spiro atoms. The third-order valence-electron chi connectivity index (χ3n) is 5.09. The minimum atomic E-state index is -3.74. The molecule has 1 heterocycles. The van der Waals surface area contributed by atoms with E-state index < -0.39 is 14.9 Å². The van der Waals surface area contributed by atoms with E-state index >= 15 is 0 Å². The Morgan fingerprint density at radius 2 is 1.96 bits per heavy atom. The maximum absolute atomic E-state index is 12.0. The molecule has 28 heavy (non-hydrogen) atoms. The zero-order valence-corrected chi connectivity index (χ0v) is 16.7. The number of likely N-dealkylation sites (N-methyl/N-ethyl adjacent to an activating group) is 1. The van der Waals surface area contributed by atoms with Gasteiger partial charge in [0.15, 0.2) is 0 Å². The van der Waals surface area contributed by atoms with Crippen molar-refractivity contribution in [1.29, 1.82) is 0 Å². The summed E-state index contributed by atoms with van der Waals surface area (Å²) in [6.07, 6.45) is 1.85. The SMILES string of the molecule is CNS(=O)(=O)c1ccc(N2CCC[C@@H]2CN(C)c2ccccc2)c([N+](=O)[O-])c1. The average Bonchev–Trinajstić information content (AvgIpc) is 3.16. The van der Waals surface area contributed by atoms with E-state index in [4.69, 9.17) is 0 Å². The van der Waals surface area contributed by atoms with Crippen LogP contribution in [0.3, 0.4) is 0 Å². The van der Waals surface area contributed by atoms with Gasteiger partial charge in [0, 0.05) is 37.9 Å². The fourth-order valence-corrected chi connectivity index (χ4v) is 4.37. The molecule has 0 radical (unpaired) electrons. The molecule has 0 aliphatic carbocycles. The first-order valence-electron chi connectivity index (χ1n) is 9.08. The minimum absolute atomic E-state index is 0.107. The summed E-state index contributed by atoms with van der Waals surface area (Å²) in [5.74, 6) is 0. The highest BCUT2D eigenvalue weighted by Crippen LogP contribution is 2.35. The number of anilines is 2. The number of nitrogens with zero attached hydrogens (tertiary/aromatic N) is 3. The summed E-state index contributed by atoms with van der Waals surface area (Å²) in [6, 6.07) is 14.2. The second kappa shape index (κ2) is 8.15. The van der Waals surface area contributed by atoms with Crippen LogP contribution in [0.2, 0.25) is 0 Å². The van der Waals surface area contributed by atoms with Crippen molar-refractivity contribution in [2.75, 3.05) is 37.0 Å². The van der Waals surface area contributed by atoms with Crippen molar-refractivity contribution in [1.82, 2.24) is 4.72 Å². The van der Waals surface area contributed by atoms with Gasteiger partial charge in [-0.2, -0.15) is 0 Å². The second-order valence-corrected chi connectivity index (χ2v) is 8.71. The largest absolute Gasteiger partial charge is 0.373 e. The Kier molecular flexibility index (Phi) is 5.85. The molecule has 0 aromatic heterocycles. The van der Waals surface area contributed by atoms with Crippen molar-refractivity contribution >= 4 is 27.1 Å². The molecule has 0 unspecified atom stereocenters. The summed E-state index contributed by atoms with van der Waals surface area (Å²) in [6.45, 7) is 1.42. The second-order valence-electron chi connectivity index (χ2n) is 6.82. The number of hydrogen-bond acceptors (Lipinski definition) is 6. The van der Waals surface area contributed by atoms with Crippen LogP contribution in [0.1, 0.15) is 12.8 Å². The highest BCUT2D eigenvalue weighted by atomic mass is 32.2. The summed E-state index contributed by atoms with van der Waals surface area (Å²) in [5.41, 5.74) is 1.36. The molecule has 0 bridgehead atoms. The lowest BCUT2D eigenvalue weighted by Crippen LogP contribution is -2.39. The molecule has 0 saturated carbocycles. The molecule has 1 N–H and O–H groups in total. The predicted molar refractivity (Wildman–Crippen MR) is 109 cm³/mol. The molecule has 3 rings (SSSR count). The summed E-state index contributed by atoms with van der Waals surface area (Å²) in [4.78, 5) is 15.2. The summed E-state index contributed by atoms with van der Waals surface area (Å²) in [7, 11) is -0.459. The van der Waals surface area contributed by atoms with E-state index in [0.717, 1.165) is 31.1 Å². The zero-order chi connectivity index (χ0) is 20.3. The van der Waals surface area contributed by atoms with Crippen molar-refractivity contribution < 1.29 is 13.3 Å². The van der Waals surface area contributed by atoms with E-state index in [-0.39, 0.29) is 16.6 Å². The Hall–Kier alpha value is -2.65. The highest BCUT2D eigenvalue weighted by molar-refractivity contribution is 7.89. The first-order valence-corrected chi connectivity index (χ1v) is 10.6. The quantitative estimate of drug-likeness (QED) is 0.563. The van der Waals surface area contributed by atoms with Crippen LogP contribution in [0.5, 0.6) is 0 Å². The molecule has 2 aromatic carbocycles. The van der Waals surface area contributed by atoms with Crippen LogP contribution in [0, 0.1) is 10.1 Å². The van der Waals surface area contributed by atoms with Crippen LogP contribution in [0.15, 0.2) is 53.4 Å². The van der Waals surface area contributed by atoms with Gasteiger partial charge in [-0.05, 0) is 44.2 Å². The summed E-state index contributed by atoms with van der Waals surface area (Å²) >= 11 is 0. The van der Waals surface area contributed by atoms with Crippen LogP contribution in [-0.4, -0.2) is 46.6 Å². The molecule has 8 nitrogen and oxygen atoms in total. The number of hydrogen-bond donors (Lipinski definition) is 1. The Morgan fingerprint density at radius 3 is 2.61 bits per heavy atom. The Bertz CT molecular complexity index is 950. The monoisotopic (exact) mass is 404 g/mol. The van der Waals surface area contributed by atoms with Crippen molar-refractivity contribution in [2.45, 2.75) is 23.8 Å². The van der Waals surface area contributed by atoms with Crippen LogP contribution in [0.25, 0.3) is 0 Å². The molecule has 150 valence electrons. The summed E-state index contributed by atoms with van der Waals surface area (Å²) < 4.78 is 26.2. The first kappa shape index (κ1) is 20.1. The maximum atomic E-state index is 12.0. The zero-order valence-electron chi connectivity index (χ0n) is 15.9. The molecular formula is C19H24N4O4S. The number of rotatable bonds is 7. The predicted octanol–water partition coefficient (Wildman–Crippen LogP) is 2.61. The normalized spacial score (nSPS) is 16.9. The van der Waals surface area contributed by atoms with Crippen LogP contribution >= 0.6 is 0 Å². The van der Waals surface area contributed by atoms with E-state index in [1.165, 1.54) is 13.1 Å². The number of para-hydroxylation sites is 1. The lowest BCUT2D eigenvalue weighted by molar-refractivity contribution is -0.384. The average molecular weight is 404 g/mol. The Morgan fingerprint density at radius 1 is 1.25 bits per heavy atom. The van der Waals surface area contributed by atoms with Crippen molar-refractivity contribution in [2.24, 2.45) is 0 Å². The third-order valence-corrected chi connectivity index (χ3v) is 6.50. The fourth-order valence-electron chi connectivity index (χ4n) is 3.62. The van der Waals surface area contributed by atoms with Gasteiger partial charge in [0.25, 0.3) is 5.69 Å². The van der Waals surface area contributed by atoms with E-state index in [1.807, 2.05) is 42.3 Å². The van der Waals surface area contributed by atoms with Crippen LogP contribution < -0.4 is 14.5 Å². The topological polar surface area (TPSA) is 95.8 Å². The molecular weight excluding hydrogens is 380 g/mol. The molecule has 9 heteroatoms. The number of nitro benzene ring substituents is 1. The van der Waals surface area contributed by atoms with Gasteiger partial charge >= 0.3 is 0 Å². The first-order chi connectivity index (χ1) is 13.3. The van der Waals surface area contributed by atoms with Gasteiger partial charge in [0.1, 0.15) is 5.69 Å². The molecule has 0 amide bonds. The number of sulfonamides is 1. The van der Waals surface area contributed by atoms with Gasteiger partial charge in [-0.15, -0.1) is 0 Å². The Balaban J connectivity index is 1.90. The number of benzene rings is 2. The number of nitro groups is 1. The Labute approximate surface area is 165 Å². The van der Waals surface area contributed by atoms with Gasteiger partial charge in [-0.25, -0.2) is 13.1 Å². The van der Waals surface area contributed by atoms with Crippen LogP contribution in [-0.2, 0) is 10.0 Å². The molecule has 1 aliphatic rings. The van der Waals surface area contributed by atoms with E-state index in [0.29, 0.717) is 12.2 Å². The van der Waals surface area contributed by atoms with Crippen LogP contribution in [0.4, 0.5) is 17.1 Å². The molecule has 1 fully saturated rings. The van der Waals surface area contributed by atoms with Gasteiger partial charge in [0.2, 0.25) is 10.0 Å². The molecule has 1 atom stereocenters. The van der Waals surface area contributed by atoms with Gasteiger partial charge < -0.3 is 9.80 Å². The maximum Gasteiger partial charge on any atom is 0.293 e. The minimum Gasteiger partial charge on any atom is -0.373 e. The van der Waals surface area contributed by atoms with E-state index in [9.17, 15) is 18.5 Å². The van der Waals surface area contributed by atoms with E-state index in [1.54, 1.807) is 6.07 Å². The van der Waals surface area contributed by atoms with Gasteiger partial charge in [0.05, 0.1) is 9.82 Å². The standard InChI is InChI=1S/C19H24N4O4S/c1-20-28(26,27)17-10-11-18(19(13-17)23(24)25)22-12-6-9-16(22)14-21(2)15-7-4-3-5-8-15/h3-5,7-8,10-11,13,16,20H,6,9,12,14H2,1-2H3/t16-/m1/s1. The van der Waals surface area contributed by atoms with E-state index in [2.05, 4.69) is 9.62 Å². The van der Waals surface area contributed by atoms with Crippen molar-refractivity contribution in [3.8, 4) is 0 Å². The van der Waals surface area contributed by atoms with Gasteiger partial charge in [-0.3, -0.25) is 10.1 Å². The lowest BCUT2D eigenvalue weighted by atomic mass is 10.1. The highest BCUT2D eigenvalue weighted by Gasteiger charge is 2.31. The summed E-state index contributed by atoms with van der Waals surface area (Å²) in [5, 5.41) is 11.6. The lowest BCUT2D eigenvalue weighted by Gasteiger charge is -2.31. The van der Waals surface area contributed by atoms with Gasteiger partial charge in [-0.1, -0.05) is 18.2 Å². The van der Waals surface area contributed by atoms with Crippen molar-refractivity contribution in [3.63, 3.8) is 0 Å². The molecule has 2 aromatic rings. The number of nitrogens with one attached hydrogen (secondary N) is 1. The molecule has 1 aliphatic heterocycles. The fraction of sp³-hybridized carbons (Fsp3) is 0.368. The van der Waals surface area contributed by atoms with Crippen molar-refractivity contribution in [3.05, 3.63) is 58.6 Å².